The van der Waals surface area contributed by atoms with Crippen LogP contribution in [0.15, 0.2) is 77.7 Å². The van der Waals surface area contributed by atoms with Gasteiger partial charge in [-0.3, -0.25) is 4.79 Å². The molecule has 8 heteroatoms. The second-order valence-electron chi connectivity index (χ2n) is 7.95. The Kier molecular flexibility index (Phi) is 8.31. The van der Waals surface area contributed by atoms with Crippen LogP contribution in [0, 0.1) is 6.92 Å². The van der Waals surface area contributed by atoms with Crippen molar-refractivity contribution in [3.8, 4) is 11.5 Å². The second-order valence-corrected chi connectivity index (χ2v) is 9.89. The predicted octanol–water partition coefficient (Wildman–Crippen LogP) is 4.08. The number of benzene rings is 3. The van der Waals surface area contributed by atoms with Crippen molar-refractivity contribution in [2.75, 3.05) is 20.8 Å². The number of carbonyl (C=O) groups is 1. The Morgan fingerprint density at radius 1 is 0.971 bits per heavy atom. The van der Waals surface area contributed by atoms with Gasteiger partial charge in [0.25, 0.3) is 0 Å². The third-order valence-electron chi connectivity index (χ3n) is 5.52. The largest absolute Gasteiger partial charge is 0.497 e. The Bertz CT molecular complexity index is 1210. The van der Waals surface area contributed by atoms with E-state index in [1.54, 1.807) is 26.2 Å². The minimum Gasteiger partial charge on any atom is -0.497 e. The summed E-state index contributed by atoms with van der Waals surface area (Å²) in [5, 5.41) is 2.90. The van der Waals surface area contributed by atoms with Crippen LogP contribution in [-0.4, -0.2) is 39.4 Å². The maximum Gasteiger partial charge on any atom is 0.243 e. The lowest BCUT2D eigenvalue weighted by Crippen LogP contribution is -2.41. The number of rotatable bonds is 10. The van der Waals surface area contributed by atoms with Crippen molar-refractivity contribution in [1.82, 2.24) is 9.62 Å². The van der Waals surface area contributed by atoms with Crippen LogP contribution in [0.3, 0.4) is 0 Å². The van der Waals surface area contributed by atoms with Gasteiger partial charge in [0.05, 0.1) is 31.7 Å². The van der Waals surface area contributed by atoms with E-state index in [0.717, 1.165) is 16.9 Å². The van der Waals surface area contributed by atoms with Gasteiger partial charge in [0.15, 0.2) is 0 Å². The molecule has 0 aliphatic heterocycles. The lowest BCUT2D eigenvalue weighted by molar-refractivity contribution is -0.122. The van der Waals surface area contributed by atoms with Crippen LogP contribution in [0.1, 0.15) is 29.7 Å². The smallest absolute Gasteiger partial charge is 0.243 e. The first-order chi connectivity index (χ1) is 16.2. The summed E-state index contributed by atoms with van der Waals surface area (Å²) in [5.41, 5.74) is 2.37. The summed E-state index contributed by atoms with van der Waals surface area (Å²) in [6, 6.07) is 20.9. The molecule has 0 aliphatic rings. The summed E-state index contributed by atoms with van der Waals surface area (Å²) < 4.78 is 38.7. The molecule has 1 N–H and O–H groups in total. The molecule has 0 aromatic heterocycles. The van der Waals surface area contributed by atoms with Gasteiger partial charge in [-0.25, -0.2) is 8.42 Å². The number of sulfonamides is 1. The minimum atomic E-state index is -3.95. The Labute approximate surface area is 201 Å². The molecule has 0 saturated carbocycles. The van der Waals surface area contributed by atoms with E-state index >= 15 is 0 Å². The Morgan fingerprint density at radius 2 is 1.65 bits per heavy atom. The monoisotopic (exact) mass is 482 g/mol. The molecule has 3 rings (SSSR count). The number of nitrogens with one attached hydrogen (secondary N) is 1. The molecular formula is C26H30N2O5S. The molecule has 34 heavy (non-hydrogen) atoms. The normalized spacial score (nSPS) is 12.3. The summed E-state index contributed by atoms with van der Waals surface area (Å²) in [4.78, 5) is 13.0. The Hall–Kier alpha value is -3.36. The van der Waals surface area contributed by atoms with E-state index in [9.17, 15) is 13.2 Å². The van der Waals surface area contributed by atoms with Gasteiger partial charge in [0, 0.05) is 6.54 Å². The van der Waals surface area contributed by atoms with E-state index in [-0.39, 0.29) is 24.0 Å². The quantitative estimate of drug-likeness (QED) is 0.471. The molecule has 3 aromatic carbocycles. The fourth-order valence-electron chi connectivity index (χ4n) is 3.60. The molecule has 0 heterocycles. The number of aryl methyl sites for hydroxylation is 1. The van der Waals surface area contributed by atoms with Gasteiger partial charge in [-0.05, 0) is 60.9 Å². The van der Waals surface area contributed by atoms with Gasteiger partial charge in [-0.2, -0.15) is 4.31 Å². The van der Waals surface area contributed by atoms with E-state index < -0.39 is 15.9 Å². The SMILES string of the molecule is COc1ccc([C@@H](C)NC(=O)CN(Cc2ccccc2)S(=O)(=O)c2ccc(OC)c(C)c2)cc1. The highest BCUT2D eigenvalue weighted by Gasteiger charge is 2.28. The number of ether oxygens (including phenoxy) is 2. The van der Waals surface area contributed by atoms with Crippen molar-refractivity contribution in [3.63, 3.8) is 0 Å². The van der Waals surface area contributed by atoms with Crippen LogP contribution < -0.4 is 14.8 Å². The lowest BCUT2D eigenvalue weighted by Gasteiger charge is -2.24. The van der Waals surface area contributed by atoms with Gasteiger partial charge in [0.2, 0.25) is 15.9 Å². The molecule has 1 atom stereocenters. The van der Waals surface area contributed by atoms with E-state index in [1.165, 1.54) is 17.5 Å². The predicted molar refractivity (Wildman–Crippen MR) is 131 cm³/mol. The first-order valence-electron chi connectivity index (χ1n) is 10.9. The maximum atomic E-state index is 13.5. The zero-order chi connectivity index (χ0) is 24.7. The number of carbonyl (C=O) groups excluding carboxylic acids is 1. The average Bonchev–Trinajstić information content (AvgIpc) is 2.84. The van der Waals surface area contributed by atoms with Crippen LogP contribution >= 0.6 is 0 Å². The number of hydrogen-bond donors (Lipinski definition) is 1. The third-order valence-corrected chi connectivity index (χ3v) is 7.31. The molecule has 0 bridgehead atoms. The molecule has 180 valence electrons. The molecule has 0 saturated heterocycles. The first-order valence-corrected chi connectivity index (χ1v) is 12.3. The van der Waals surface area contributed by atoms with Crippen molar-refractivity contribution in [1.29, 1.82) is 0 Å². The summed E-state index contributed by atoms with van der Waals surface area (Å²) in [6.45, 7) is 3.38. The lowest BCUT2D eigenvalue weighted by atomic mass is 10.1. The number of amides is 1. The fraction of sp³-hybridized carbons (Fsp3) is 0.269. The minimum absolute atomic E-state index is 0.0680. The molecule has 7 nitrogen and oxygen atoms in total. The van der Waals surface area contributed by atoms with E-state index in [1.807, 2.05) is 61.5 Å². The molecule has 0 aliphatic carbocycles. The molecular weight excluding hydrogens is 452 g/mol. The summed E-state index contributed by atoms with van der Waals surface area (Å²) in [7, 11) is -0.827. The number of methoxy groups -OCH3 is 2. The van der Waals surface area contributed by atoms with E-state index in [4.69, 9.17) is 9.47 Å². The second kappa shape index (κ2) is 11.2. The fourth-order valence-corrected chi connectivity index (χ4v) is 5.07. The number of nitrogens with zero attached hydrogens (tertiary/aromatic N) is 1. The molecule has 3 aromatic rings. The molecule has 0 spiro atoms. The summed E-state index contributed by atoms with van der Waals surface area (Å²) in [5.74, 6) is 0.921. The van der Waals surface area contributed by atoms with Crippen molar-refractivity contribution in [2.24, 2.45) is 0 Å². The van der Waals surface area contributed by atoms with Crippen molar-refractivity contribution in [3.05, 3.63) is 89.5 Å². The maximum absolute atomic E-state index is 13.5. The van der Waals surface area contributed by atoms with Gasteiger partial charge in [0.1, 0.15) is 11.5 Å². The first kappa shape index (κ1) is 25.3. The van der Waals surface area contributed by atoms with Crippen LogP contribution in [0.5, 0.6) is 11.5 Å². The molecule has 1 amide bonds. The highest BCUT2D eigenvalue weighted by Crippen LogP contribution is 2.25. The van der Waals surface area contributed by atoms with Crippen LogP contribution in [0.4, 0.5) is 0 Å². The third kappa shape index (κ3) is 6.15. The van der Waals surface area contributed by atoms with Crippen LogP contribution in [0.2, 0.25) is 0 Å². The van der Waals surface area contributed by atoms with E-state index in [0.29, 0.717) is 11.3 Å². The van der Waals surface area contributed by atoms with Crippen LogP contribution in [0.25, 0.3) is 0 Å². The van der Waals surface area contributed by atoms with E-state index in [2.05, 4.69) is 5.32 Å². The van der Waals surface area contributed by atoms with Crippen molar-refractivity contribution < 1.29 is 22.7 Å². The highest BCUT2D eigenvalue weighted by molar-refractivity contribution is 7.89. The van der Waals surface area contributed by atoms with Gasteiger partial charge in [-0.1, -0.05) is 42.5 Å². The van der Waals surface area contributed by atoms with Crippen LogP contribution in [-0.2, 0) is 21.4 Å². The summed E-state index contributed by atoms with van der Waals surface area (Å²) >= 11 is 0. The average molecular weight is 483 g/mol. The topological polar surface area (TPSA) is 84.9 Å². The Balaban J connectivity index is 1.83. The zero-order valence-electron chi connectivity index (χ0n) is 19.8. The Morgan fingerprint density at radius 3 is 2.24 bits per heavy atom. The highest BCUT2D eigenvalue weighted by atomic mass is 32.2. The van der Waals surface area contributed by atoms with Gasteiger partial charge in [-0.15, -0.1) is 0 Å². The summed E-state index contributed by atoms with van der Waals surface area (Å²) in [6.07, 6.45) is 0. The number of hydrogen-bond acceptors (Lipinski definition) is 5. The molecule has 0 fully saturated rings. The van der Waals surface area contributed by atoms with Crippen molar-refractivity contribution >= 4 is 15.9 Å². The molecule has 0 radical (unpaired) electrons. The van der Waals surface area contributed by atoms with Gasteiger partial charge >= 0.3 is 0 Å². The standard InChI is InChI=1S/C26H30N2O5S/c1-19-16-24(14-15-25(19)33-4)34(30,31)28(17-21-8-6-5-7-9-21)18-26(29)27-20(2)22-10-12-23(32-3)13-11-22/h5-16,20H,17-18H2,1-4H3,(H,27,29)/t20-/m1/s1. The van der Waals surface area contributed by atoms with Gasteiger partial charge < -0.3 is 14.8 Å². The van der Waals surface area contributed by atoms with Crippen molar-refractivity contribution in [2.45, 2.75) is 31.3 Å². The zero-order valence-corrected chi connectivity index (χ0v) is 20.6. The molecule has 0 unspecified atom stereocenters.